The van der Waals surface area contributed by atoms with E-state index in [1.807, 2.05) is 50.2 Å². The first-order valence-corrected chi connectivity index (χ1v) is 6.72. The first-order chi connectivity index (χ1) is 10.1. The molecule has 0 aromatic heterocycles. The smallest absolute Gasteiger partial charge is 0.411 e. The fourth-order valence-corrected chi connectivity index (χ4v) is 2.11. The highest BCUT2D eigenvalue weighted by Crippen LogP contribution is 2.21. The Kier molecular flexibility index (Phi) is 4.82. The van der Waals surface area contributed by atoms with Gasteiger partial charge in [0.1, 0.15) is 12.4 Å². The van der Waals surface area contributed by atoms with Crippen LogP contribution in [0.4, 0.5) is 10.5 Å². The van der Waals surface area contributed by atoms with Gasteiger partial charge in [-0.25, -0.2) is 4.79 Å². The summed E-state index contributed by atoms with van der Waals surface area (Å²) in [5.41, 5.74) is 3.90. The summed E-state index contributed by atoms with van der Waals surface area (Å²) in [6.45, 7) is 4.45. The van der Waals surface area contributed by atoms with Crippen LogP contribution in [-0.2, 0) is 11.3 Å². The number of benzene rings is 2. The molecule has 0 spiro atoms. The molecule has 0 aliphatic rings. The van der Waals surface area contributed by atoms with Crippen molar-refractivity contribution in [1.82, 2.24) is 0 Å². The lowest BCUT2D eigenvalue weighted by Gasteiger charge is -2.12. The van der Waals surface area contributed by atoms with Gasteiger partial charge in [0.25, 0.3) is 0 Å². The molecule has 0 fully saturated rings. The minimum atomic E-state index is -0.492. The van der Waals surface area contributed by atoms with Crippen LogP contribution in [0.2, 0.25) is 0 Å². The molecule has 110 valence electrons. The van der Waals surface area contributed by atoms with Crippen molar-refractivity contribution < 1.29 is 14.3 Å². The molecule has 0 heterocycles. The average Bonchev–Trinajstić information content (AvgIpc) is 2.45. The fraction of sp³-hybridized carbons (Fsp3) is 0.235. The Morgan fingerprint density at radius 1 is 1.10 bits per heavy atom. The molecule has 0 unspecified atom stereocenters. The SMILES string of the molecule is COC(=O)Nc1ccccc1COc1cc(C)cc(C)c1. The van der Waals surface area contributed by atoms with Gasteiger partial charge in [-0.3, -0.25) is 5.32 Å². The second-order valence-electron chi connectivity index (χ2n) is 4.89. The van der Waals surface area contributed by atoms with Crippen LogP contribution in [0.1, 0.15) is 16.7 Å². The number of hydrogen-bond acceptors (Lipinski definition) is 3. The lowest BCUT2D eigenvalue weighted by molar-refractivity contribution is 0.187. The molecular weight excluding hydrogens is 266 g/mol. The molecule has 2 rings (SSSR count). The lowest BCUT2D eigenvalue weighted by Crippen LogP contribution is -2.13. The fourth-order valence-electron chi connectivity index (χ4n) is 2.11. The van der Waals surface area contributed by atoms with Gasteiger partial charge in [0.2, 0.25) is 0 Å². The van der Waals surface area contributed by atoms with Crippen LogP contribution in [-0.4, -0.2) is 13.2 Å². The molecule has 0 aliphatic heterocycles. The second kappa shape index (κ2) is 6.79. The third-order valence-electron chi connectivity index (χ3n) is 3.03. The van der Waals surface area contributed by atoms with E-state index < -0.39 is 6.09 Å². The average molecular weight is 285 g/mol. The van der Waals surface area contributed by atoms with E-state index in [-0.39, 0.29) is 0 Å². The number of carbonyl (C=O) groups excluding carboxylic acids is 1. The zero-order valence-electron chi connectivity index (χ0n) is 12.5. The van der Waals surface area contributed by atoms with E-state index >= 15 is 0 Å². The van der Waals surface area contributed by atoms with Gasteiger partial charge in [-0.15, -0.1) is 0 Å². The maximum atomic E-state index is 11.3. The number of methoxy groups -OCH3 is 1. The molecule has 0 aliphatic carbocycles. The van der Waals surface area contributed by atoms with Crippen LogP contribution in [0.15, 0.2) is 42.5 Å². The third-order valence-corrected chi connectivity index (χ3v) is 3.03. The van der Waals surface area contributed by atoms with E-state index in [1.165, 1.54) is 7.11 Å². The summed E-state index contributed by atoms with van der Waals surface area (Å²) in [5.74, 6) is 0.820. The first kappa shape index (κ1) is 14.9. The van der Waals surface area contributed by atoms with Crippen molar-refractivity contribution in [3.63, 3.8) is 0 Å². The molecule has 2 aromatic rings. The predicted molar refractivity (Wildman–Crippen MR) is 82.7 cm³/mol. The zero-order valence-corrected chi connectivity index (χ0v) is 12.5. The van der Waals surface area contributed by atoms with Gasteiger partial charge in [-0.1, -0.05) is 24.3 Å². The summed E-state index contributed by atoms with van der Waals surface area (Å²) in [7, 11) is 1.34. The first-order valence-electron chi connectivity index (χ1n) is 6.72. The highest BCUT2D eigenvalue weighted by atomic mass is 16.5. The number of para-hydroxylation sites is 1. The van der Waals surface area contributed by atoms with Gasteiger partial charge in [-0.2, -0.15) is 0 Å². The van der Waals surface area contributed by atoms with Gasteiger partial charge >= 0.3 is 6.09 Å². The molecule has 0 saturated heterocycles. The van der Waals surface area contributed by atoms with E-state index in [4.69, 9.17) is 4.74 Å². The number of nitrogens with one attached hydrogen (secondary N) is 1. The molecule has 4 nitrogen and oxygen atoms in total. The lowest BCUT2D eigenvalue weighted by atomic mass is 10.1. The predicted octanol–water partition coefficient (Wildman–Crippen LogP) is 4.06. The summed E-state index contributed by atoms with van der Waals surface area (Å²) < 4.78 is 10.4. The van der Waals surface area contributed by atoms with Crippen molar-refractivity contribution in [3.05, 3.63) is 59.2 Å². The minimum absolute atomic E-state index is 0.378. The van der Waals surface area contributed by atoms with Crippen LogP contribution in [0, 0.1) is 13.8 Å². The van der Waals surface area contributed by atoms with Crippen molar-refractivity contribution >= 4 is 11.8 Å². The van der Waals surface area contributed by atoms with Gasteiger partial charge in [0, 0.05) is 5.56 Å². The van der Waals surface area contributed by atoms with Crippen molar-refractivity contribution in [1.29, 1.82) is 0 Å². The quantitative estimate of drug-likeness (QED) is 0.921. The van der Waals surface area contributed by atoms with Crippen LogP contribution in [0.3, 0.4) is 0 Å². The summed E-state index contributed by atoms with van der Waals surface area (Å²) >= 11 is 0. The normalized spacial score (nSPS) is 10.0. The molecule has 21 heavy (non-hydrogen) atoms. The van der Waals surface area contributed by atoms with Gasteiger partial charge < -0.3 is 9.47 Å². The van der Waals surface area contributed by atoms with Crippen molar-refractivity contribution in [2.24, 2.45) is 0 Å². The number of rotatable bonds is 4. The van der Waals surface area contributed by atoms with E-state index in [0.717, 1.165) is 22.4 Å². The molecule has 0 saturated carbocycles. The number of anilines is 1. The van der Waals surface area contributed by atoms with E-state index in [2.05, 4.69) is 16.1 Å². The molecule has 1 amide bonds. The van der Waals surface area contributed by atoms with Crippen LogP contribution in [0.5, 0.6) is 5.75 Å². The van der Waals surface area contributed by atoms with E-state index in [1.54, 1.807) is 0 Å². The molecule has 2 aromatic carbocycles. The zero-order chi connectivity index (χ0) is 15.2. The standard InChI is InChI=1S/C17H19NO3/c1-12-8-13(2)10-15(9-12)21-11-14-6-4-5-7-16(14)18-17(19)20-3/h4-10H,11H2,1-3H3,(H,18,19). The Labute approximate surface area is 124 Å². The number of hydrogen-bond donors (Lipinski definition) is 1. The Bertz CT molecular complexity index is 617. The number of amides is 1. The van der Waals surface area contributed by atoms with E-state index in [9.17, 15) is 4.79 Å². The van der Waals surface area contributed by atoms with Crippen LogP contribution < -0.4 is 10.1 Å². The summed E-state index contributed by atoms with van der Waals surface area (Å²) in [6.07, 6.45) is -0.492. The molecule has 0 bridgehead atoms. The summed E-state index contributed by atoms with van der Waals surface area (Å²) in [5, 5.41) is 2.68. The number of carbonyl (C=O) groups is 1. The molecule has 0 atom stereocenters. The van der Waals surface area contributed by atoms with Gasteiger partial charge in [0.15, 0.2) is 0 Å². The minimum Gasteiger partial charge on any atom is -0.489 e. The Morgan fingerprint density at radius 3 is 2.43 bits per heavy atom. The highest BCUT2D eigenvalue weighted by molar-refractivity contribution is 5.85. The summed E-state index contributed by atoms with van der Waals surface area (Å²) in [4.78, 5) is 11.3. The van der Waals surface area contributed by atoms with E-state index in [0.29, 0.717) is 12.3 Å². The Morgan fingerprint density at radius 2 is 1.76 bits per heavy atom. The largest absolute Gasteiger partial charge is 0.489 e. The van der Waals surface area contributed by atoms with Crippen LogP contribution >= 0.6 is 0 Å². The van der Waals surface area contributed by atoms with Crippen molar-refractivity contribution in [2.45, 2.75) is 20.5 Å². The maximum absolute atomic E-state index is 11.3. The molecule has 0 radical (unpaired) electrons. The monoisotopic (exact) mass is 285 g/mol. The molecule has 1 N–H and O–H groups in total. The highest BCUT2D eigenvalue weighted by Gasteiger charge is 2.07. The van der Waals surface area contributed by atoms with Gasteiger partial charge in [0.05, 0.1) is 12.8 Å². The van der Waals surface area contributed by atoms with Crippen molar-refractivity contribution in [3.8, 4) is 5.75 Å². The van der Waals surface area contributed by atoms with Crippen molar-refractivity contribution in [2.75, 3.05) is 12.4 Å². The van der Waals surface area contributed by atoms with Crippen LogP contribution in [0.25, 0.3) is 0 Å². The number of aryl methyl sites for hydroxylation is 2. The molecular formula is C17H19NO3. The summed E-state index contributed by atoms with van der Waals surface area (Å²) in [6, 6.07) is 13.6. The van der Waals surface area contributed by atoms with Gasteiger partial charge in [-0.05, 0) is 43.2 Å². The topological polar surface area (TPSA) is 47.6 Å². The molecule has 4 heteroatoms. The third kappa shape index (κ3) is 4.24. The number of ether oxygens (including phenoxy) is 2. The second-order valence-corrected chi connectivity index (χ2v) is 4.89. The Balaban J connectivity index is 2.10. The Hall–Kier alpha value is -2.49. The maximum Gasteiger partial charge on any atom is 0.411 e.